The Bertz CT molecular complexity index is 882. The van der Waals surface area contributed by atoms with Crippen LogP contribution in [0.5, 0.6) is 0 Å². The number of rotatable bonds is 5. The first-order valence-electron chi connectivity index (χ1n) is 9.58. The third-order valence-electron chi connectivity index (χ3n) is 5.17. The number of hydrogen-bond acceptors (Lipinski definition) is 5. The summed E-state index contributed by atoms with van der Waals surface area (Å²) in [5.41, 5.74) is 5.12. The van der Waals surface area contributed by atoms with Crippen molar-refractivity contribution in [2.24, 2.45) is 17.1 Å². The van der Waals surface area contributed by atoms with E-state index < -0.39 is 5.91 Å². The van der Waals surface area contributed by atoms with Crippen LogP contribution in [0.15, 0.2) is 16.7 Å². The molecule has 3 N–H and O–H groups in total. The van der Waals surface area contributed by atoms with Crippen molar-refractivity contribution in [3.05, 3.63) is 21.6 Å². The number of primary amides is 1. The van der Waals surface area contributed by atoms with Crippen molar-refractivity contribution in [1.29, 1.82) is 0 Å². The lowest BCUT2D eigenvalue weighted by Crippen LogP contribution is -2.38. The predicted octanol–water partition coefficient (Wildman–Crippen LogP) is 3.93. The van der Waals surface area contributed by atoms with Crippen molar-refractivity contribution in [2.45, 2.75) is 40.0 Å². The van der Waals surface area contributed by atoms with Crippen LogP contribution in [0.1, 0.15) is 49.7 Å². The van der Waals surface area contributed by atoms with Crippen LogP contribution >= 0.6 is 27.3 Å². The molecule has 0 aromatic carbocycles. The number of anilines is 1. The van der Waals surface area contributed by atoms with E-state index in [2.05, 4.69) is 31.1 Å². The van der Waals surface area contributed by atoms with Crippen LogP contribution in [-0.2, 0) is 4.79 Å². The maximum Gasteiger partial charge on any atom is 0.258 e. The zero-order valence-electron chi connectivity index (χ0n) is 16.5. The first-order chi connectivity index (χ1) is 13.2. The Balaban J connectivity index is 1.62. The van der Waals surface area contributed by atoms with Crippen molar-refractivity contribution in [3.63, 3.8) is 0 Å². The third-order valence-corrected chi connectivity index (χ3v) is 6.95. The lowest BCUT2D eigenvalue weighted by molar-refractivity contribution is -0.128. The average molecular weight is 467 g/mol. The monoisotopic (exact) mass is 466 g/mol. The lowest BCUT2D eigenvalue weighted by atomic mass is 9.92. The largest absolute Gasteiger partial charge is 0.365 e. The van der Waals surface area contributed by atoms with Crippen molar-refractivity contribution in [1.82, 2.24) is 10.3 Å². The summed E-state index contributed by atoms with van der Waals surface area (Å²) in [6.45, 7) is 8.37. The van der Waals surface area contributed by atoms with Crippen LogP contribution in [0, 0.1) is 11.3 Å². The summed E-state index contributed by atoms with van der Waals surface area (Å²) in [5, 5.41) is 4.03. The summed E-state index contributed by atoms with van der Waals surface area (Å²) in [5.74, 6) is 1.23. The van der Waals surface area contributed by atoms with E-state index in [9.17, 15) is 9.59 Å². The molecule has 3 heterocycles. The third kappa shape index (κ3) is 4.66. The van der Waals surface area contributed by atoms with Crippen LogP contribution in [0.3, 0.4) is 0 Å². The number of nitrogens with zero attached hydrogens (tertiary/aromatic N) is 2. The molecular weight excluding hydrogens is 440 g/mol. The van der Waals surface area contributed by atoms with Gasteiger partial charge >= 0.3 is 0 Å². The van der Waals surface area contributed by atoms with Gasteiger partial charge in [-0.2, -0.15) is 0 Å². The maximum absolute atomic E-state index is 12.0. The minimum absolute atomic E-state index is 0.106. The molecule has 1 saturated heterocycles. The summed E-state index contributed by atoms with van der Waals surface area (Å²) in [4.78, 5) is 31.0. The molecule has 152 valence electrons. The molecule has 0 unspecified atom stereocenters. The summed E-state index contributed by atoms with van der Waals surface area (Å²) < 4.78 is 1.87. The number of nitrogens with one attached hydrogen (secondary N) is 1. The molecule has 2 amide bonds. The van der Waals surface area contributed by atoms with Crippen molar-refractivity contribution < 1.29 is 9.59 Å². The van der Waals surface area contributed by atoms with Crippen molar-refractivity contribution in [2.75, 3.05) is 24.5 Å². The fourth-order valence-corrected chi connectivity index (χ4v) is 5.01. The first kappa shape index (κ1) is 21.0. The van der Waals surface area contributed by atoms with E-state index in [1.165, 1.54) is 11.3 Å². The van der Waals surface area contributed by atoms with Crippen molar-refractivity contribution >= 4 is 55.0 Å². The molecule has 3 rings (SSSR count). The van der Waals surface area contributed by atoms with Gasteiger partial charge in [-0.15, -0.1) is 11.3 Å². The van der Waals surface area contributed by atoms with Gasteiger partial charge in [-0.25, -0.2) is 4.98 Å². The average Bonchev–Trinajstić information content (AvgIpc) is 3.08. The molecule has 0 atom stereocenters. The van der Waals surface area contributed by atoms with E-state index in [1.54, 1.807) is 6.20 Å². The molecule has 0 radical (unpaired) electrons. The Labute approximate surface area is 178 Å². The molecule has 0 aliphatic carbocycles. The van der Waals surface area contributed by atoms with E-state index in [-0.39, 0.29) is 11.3 Å². The highest BCUT2D eigenvalue weighted by molar-refractivity contribution is 9.10. The Kier molecular flexibility index (Phi) is 6.29. The van der Waals surface area contributed by atoms with E-state index in [0.29, 0.717) is 10.8 Å². The number of hydrogen-bond donors (Lipinski definition) is 2. The van der Waals surface area contributed by atoms with E-state index in [1.807, 2.05) is 26.8 Å². The number of halogens is 1. The zero-order chi connectivity index (χ0) is 20.5. The summed E-state index contributed by atoms with van der Waals surface area (Å²) in [6, 6.07) is 1.84. The summed E-state index contributed by atoms with van der Waals surface area (Å²) >= 11 is 4.92. The van der Waals surface area contributed by atoms with Gasteiger partial charge in [-0.05, 0) is 47.2 Å². The van der Waals surface area contributed by atoms with Crippen LogP contribution in [0.4, 0.5) is 5.82 Å². The van der Waals surface area contributed by atoms with Crippen LogP contribution in [-0.4, -0.2) is 36.4 Å². The molecule has 0 bridgehead atoms. The SMILES string of the molecule is CC(C)(C)C(=O)NCCC1CCN(c2ncc(Br)c3cc(C(N)=O)sc23)CC1. The van der Waals surface area contributed by atoms with Gasteiger partial charge in [-0.1, -0.05) is 20.8 Å². The van der Waals surface area contributed by atoms with Gasteiger partial charge in [0.2, 0.25) is 5.91 Å². The normalized spacial score (nSPS) is 15.8. The number of carbonyl (C=O) groups excluding carboxylic acids is 2. The second kappa shape index (κ2) is 8.37. The van der Waals surface area contributed by atoms with Crippen molar-refractivity contribution in [3.8, 4) is 0 Å². The maximum atomic E-state index is 12.0. The molecule has 6 nitrogen and oxygen atoms in total. The molecule has 2 aromatic heterocycles. The van der Waals surface area contributed by atoms with Crippen LogP contribution < -0.4 is 16.0 Å². The molecule has 2 aromatic rings. The fraction of sp³-hybridized carbons (Fsp3) is 0.550. The number of pyridine rings is 1. The molecule has 1 aliphatic heterocycles. The van der Waals surface area contributed by atoms with Gasteiger partial charge in [-0.3, -0.25) is 9.59 Å². The molecule has 1 fully saturated rings. The lowest BCUT2D eigenvalue weighted by Gasteiger charge is -2.33. The number of thiophene rings is 1. The summed E-state index contributed by atoms with van der Waals surface area (Å²) in [6.07, 6.45) is 4.93. The predicted molar refractivity (Wildman–Crippen MR) is 118 cm³/mol. The second-order valence-electron chi connectivity index (χ2n) is 8.37. The Morgan fingerprint density at radius 3 is 2.64 bits per heavy atom. The molecule has 8 heteroatoms. The molecule has 0 spiro atoms. The smallest absolute Gasteiger partial charge is 0.258 e. The zero-order valence-corrected chi connectivity index (χ0v) is 19.0. The molecular formula is C20H27BrN4O2S. The number of piperidine rings is 1. The van der Waals surface area contributed by atoms with Gasteiger partial charge in [0.15, 0.2) is 0 Å². The molecule has 1 aliphatic rings. The second-order valence-corrected chi connectivity index (χ2v) is 10.3. The van der Waals surface area contributed by atoms with Gasteiger partial charge in [0, 0.05) is 41.1 Å². The summed E-state index contributed by atoms with van der Waals surface area (Å²) in [7, 11) is 0. The number of nitrogens with two attached hydrogens (primary N) is 1. The van der Waals surface area contributed by atoms with E-state index in [0.717, 1.165) is 59.3 Å². The van der Waals surface area contributed by atoms with E-state index in [4.69, 9.17) is 5.73 Å². The Morgan fingerprint density at radius 2 is 2.04 bits per heavy atom. The van der Waals surface area contributed by atoms with Gasteiger partial charge in [0.05, 0.1) is 9.58 Å². The van der Waals surface area contributed by atoms with E-state index >= 15 is 0 Å². The van der Waals surface area contributed by atoms with Crippen LogP contribution in [0.2, 0.25) is 0 Å². The molecule has 28 heavy (non-hydrogen) atoms. The first-order valence-corrected chi connectivity index (χ1v) is 11.2. The quantitative estimate of drug-likeness (QED) is 0.698. The highest BCUT2D eigenvalue weighted by Crippen LogP contribution is 2.38. The number of amides is 2. The van der Waals surface area contributed by atoms with Gasteiger partial charge in [0.25, 0.3) is 5.91 Å². The minimum atomic E-state index is -0.407. The Hall–Kier alpha value is -1.67. The van der Waals surface area contributed by atoms with Gasteiger partial charge in [0.1, 0.15) is 5.82 Å². The Morgan fingerprint density at radius 1 is 1.36 bits per heavy atom. The minimum Gasteiger partial charge on any atom is -0.365 e. The number of fused-ring (bicyclic) bond motifs is 1. The van der Waals surface area contributed by atoms with Gasteiger partial charge < -0.3 is 16.0 Å². The fourth-order valence-electron chi connectivity index (χ4n) is 3.42. The highest BCUT2D eigenvalue weighted by atomic mass is 79.9. The topological polar surface area (TPSA) is 88.3 Å². The van der Waals surface area contributed by atoms with Crippen LogP contribution in [0.25, 0.3) is 10.1 Å². The molecule has 0 saturated carbocycles. The standard InChI is InChI=1S/C20H27BrN4O2S/c1-20(2,3)19(27)23-7-4-12-5-8-25(9-6-12)18-16-13(14(21)11-24-18)10-15(28-16)17(22)26/h10-12H,4-9H2,1-3H3,(H2,22,26)(H,23,27). The number of carbonyl (C=O) groups is 2. The highest BCUT2D eigenvalue weighted by Gasteiger charge is 2.25. The number of aromatic nitrogens is 1.